The Morgan fingerprint density at radius 1 is 1.16 bits per heavy atom. The predicted octanol–water partition coefficient (Wildman–Crippen LogP) is 3.58. The largest absolute Gasteiger partial charge is 0.607 e. The summed E-state index contributed by atoms with van der Waals surface area (Å²) in [6.07, 6.45) is 5.28. The van der Waals surface area contributed by atoms with E-state index in [2.05, 4.69) is 31.8 Å². The molecule has 0 bridgehead atoms. The van der Waals surface area contributed by atoms with Gasteiger partial charge in [-0.2, -0.15) is 0 Å². The minimum atomic E-state index is -2.37. The van der Waals surface area contributed by atoms with Crippen molar-refractivity contribution >= 4 is 26.1 Å². The number of rotatable bonds is 9. The third-order valence-corrected chi connectivity index (χ3v) is 5.06. The number of nitrogens with one attached hydrogen (secondary N) is 1. The highest BCUT2D eigenvalue weighted by Gasteiger charge is 2.43. The fourth-order valence-electron chi connectivity index (χ4n) is 2.99. The van der Waals surface area contributed by atoms with Crippen LogP contribution in [0.15, 0.2) is 81.0 Å². The molecule has 0 spiro atoms. The molecule has 6 N–H and O–H groups in total. The fourth-order valence-corrected chi connectivity index (χ4v) is 2.99. The SMILES string of the molecule is C=CCC=C.C=CCC=C.CCC(=O)OCc1ccccc1.N[P+](=O)O.O=C1NC(=O)N([C@H]2CC(O)[C@@H](CO)O2)CC1F. The number of nitrogens with zero attached hydrogens (tertiary/aromatic N) is 1. The summed E-state index contributed by atoms with van der Waals surface area (Å²) in [6.45, 7) is 15.3. The molecule has 2 saturated heterocycles. The van der Waals surface area contributed by atoms with Gasteiger partial charge < -0.3 is 19.7 Å². The molecule has 14 heteroatoms. The third-order valence-electron chi connectivity index (χ3n) is 5.06. The van der Waals surface area contributed by atoms with Crippen molar-refractivity contribution < 1.29 is 47.9 Å². The molecular formula is C29H44FN3O9P+. The number of imide groups is 1. The highest BCUT2D eigenvalue weighted by atomic mass is 31.1. The van der Waals surface area contributed by atoms with Crippen molar-refractivity contribution in [1.29, 1.82) is 0 Å². The van der Waals surface area contributed by atoms with E-state index in [1.807, 2.05) is 60.0 Å². The van der Waals surface area contributed by atoms with Crippen LogP contribution in [0, 0.1) is 0 Å². The number of amides is 3. The first-order valence-electron chi connectivity index (χ1n) is 13.2. The summed E-state index contributed by atoms with van der Waals surface area (Å²) in [6, 6.07) is 8.90. The van der Waals surface area contributed by atoms with E-state index in [9.17, 15) is 23.9 Å². The number of urea groups is 1. The summed E-state index contributed by atoms with van der Waals surface area (Å²) < 4.78 is 32.2. The first-order chi connectivity index (χ1) is 20.4. The lowest BCUT2D eigenvalue weighted by atomic mass is 10.1. The summed E-state index contributed by atoms with van der Waals surface area (Å²) >= 11 is 0. The predicted molar refractivity (Wildman–Crippen MR) is 162 cm³/mol. The number of hydrogen-bond acceptors (Lipinski definition) is 8. The average molecular weight is 629 g/mol. The Morgan fingerprint density at radius 2 is 1.67 bits per heavy atom. The lowest BCUT2D eigenvalue weighted by Crippen LogP contribution is -2.58. The zero-order valence-electron chi connectivity index (χ0n) is 24.4. The smallest absolute Gasteiger partial charge is 0.461 e. The van der Waals surface area contributed by atoms with Crippen LogP contribution in [0.1, 0.15) is 38.2 Å². The van der Waals surface area contributed by atoms with E-state index < -0.39 is 51.3 Å². The van der Waals surface area contributed by atoms with Gasteiger partial charge in [-0.05, 0) is 23.0 Å². The van der Waals surface area contributed by atoms with E-state index in [-0.39, 0.29) is 19.0 Å². The first kappa shape index (κ1) is 41.6. The monoisotopic (exact) mass is 628 g/mol. The molecule has 12 nitrogen and oxygen atoms in total. The molecule has 3 amide bonds. The van der Waals surface area contributed by atoms with Gasteiger partial charge in [-0.15, -0.1) is 31.2 Å². The number of allylic oxidation sites excluding steroid dienone is 4. The number of halogens is 1. The minimum absolute atomic E-state index is 0.0829. The van der Waals surface area contributed by atoms with Gasteiger partial charge in [0.05, 0.1) is 19.3 Å². The van der Waals surface area contributed by atoms with E-state index in [1.54, 1.807) is 6.92 Å². The van der Waals surface area contributed by atoms with Crippen LogP contribution in [-0.4, -0.2) is 75.7 Å². The summed E-state index contributed by atoms with van der Waals surface area (Å²) in [5.74, 6) is -1.12. The number of esters is 1. The fraction of sp³-hybridized carbons (Fsp3) is 0.414. The van der Waals surface area contributed by atoms with Gasteiger partial charge in [0.25, 0.3) is 5.91 Å². The molecule has 0 aromatic heterocycles. The molecule has 5 atom stereocenters. The molecule has 3 rings (SSSR count). The number of ether oxygens (including phenoxy) is 2. The Balaban J connectivity index is 0. The number of nitrogens with two attached hydrogens (primary N) is 1. The maximum Gasteiger partial charge on any atom is 0.607 e. The van der Waals surface area contributed by atoms with Gasteiger partial charge >= 0.3 is 20.2 Å². The number of carbonyl (C=O) groups is 3. The van der Waals surface area contributed by atoms with Crippen LogP contribution in [0.4, 0.5) is 9.18 Å². The second-order valence-corrected chi connectivity index (χ2v) is 9.06. The second kappa shape index (κ2) is 26.1. The molecule has 1 aromatic rings. The van der Waals surface area contributed by atoms with Crippen LogP contribution in [0.3, 0.4) is 0 Å². The highest BCUT2D eigenvalue weighted by Crippen LogP contribution is 2.24. The quantitative estimate of drug-likeness (QED) is 0.154. The molecule has 0 aliphatic carbocycles. The van der Waals surface area contributed by atoms with Crippen molar-refractivity contribution in [2.24, 2.45) is 5.50 Å². The number of hydrogen-bond donors (Lipinski definition) is 5. The topological polar surface area (TPSA) is 189 Å². The van der Waals surface area contributed by atoms with E-state index in [0.29, 0.717) is 13.0 Å². The molecule has 240 valence electrons. The summed E-state index contributed by atoms with van der Waals surface area (Å²) in [5.41, 5.74) is 5.20. The van der Waals surface area contributed by atoms with E-state index in [1.165, 1.54) is 0 Å². The Hall–Kier alpha value is -3.58. The van der Waals surface area contributed by atoms with Crippen molar-refractivity contribution in [1.82, 2.24) is 10.2 Å². The van der Waals surface area contributed by atoms with Crippen molar-refractivity contribution in [2.75, 3.05) is 13.2 Å². The number of aliphatic hydroxyl groups is 2. The lowest BCUT2D eigenvalue weighted by molar-refractivity contribution is -0.144. The summed E-state index contributed by atoms with van der Waals surface area (Å²) in [4.78, 5) is 41.4. The number of carbonyl (C=O) groups excluding carboxylic acids is 3. The molecule has 2 heterocycles. The summed E-state index contributed by atoms with van der Waals surface area (Å²) in [7, 11) is -2.37. The highest BCUT2D eigenvalue weighted by molar-refractivity contribution is 7.35. The molecule has 2 aliphatic heterocycles. The lowest BCUT2D eigenvalue weighted by Gasteiger charge is -2.32. The van der Waals surface area contributed by atoms with Crippen LogP contribution < -0.4 is 10.8 Å². The Bertz CT molecular complexity index is 984. The van der Waals surface area contributed by atoms with Crippen molar-refractivity contribution in [2.45, 2.75) is 63.8 Å². The molecular weight excluding hydrogens is 584 g/mol. The maximum atomic E-state index is 13.2. The van der Waals surface area contributed by atoms with Crippen LogP contribution in [-0.2, 0) is 30.2 Å². The van der Waals surface area contributed by atoms with Gasteiger partial charge in [0, 0.05) is 12.8 Å². The average Bonchev–Trinajstić information content (AvgIpc) is 3.36. The van der Waals surface area contributed by atoms with Crippen LogP contribution in [0.25, 0.3) is 0 Å². The number of aliphatic hydroxyl groups excluding tert-OH is 2. The minimum Gasteiger partial charge on any atom is -0.461 e. The van der Waals surface area contributed by atoms with Gasteiger partial charge in [-0.25, -0.2) is 9.18 Å². The Labute approximate surface area is 253 Å². The molecule has 1 aromatic carbocycles. The van der Waals surface area contributed by atoms with E-state index in [0.717, 1.165) is 23.3 Å². The van der Waals surface area contributed by atoms with Gasteiger partial charge in [0.2, 0.25) is 0 Å². The molecule has 0 radical (unpaired) electrons. The van der Waals surface area contributed by atoms with Crippen LogP contribution in [0.5, 0.6) is 0 Å². The zero-order valence-corrected chi connectivity index (χ0v) is 25.3. The van der Waals surface area contributed by atoms with Gasteiger partial charge in [0.1, 0.15) is 18.9 Å². The number of alkyl halides is 1. The number of benzene rings is 1. The van der Waals surface area contributed by atoms with Crippen LogP contribution in [0.2, 0.25) is 0 Å². The maximum absolute atomic E-state index is 13.2. The zero-order chi connectivity index (χ0) is 33.2. The van der Waals surface area contributed by atoms with Gasteiger partial charge in [-0.1, -0.05) is 67.1 Å². The van der Waals surface area contributed by atoms with Crippen molar-refractivity contribution in [3.8, 4) is 0 Å². The standard InChI is InChI=1S/C10H12O2.C9H13FN2O5.2C5H8.H2NO2P/c1-2-10(11)12-8-9-6-4-3-5-7-9;10-4-2-12(9(16)11-8(4)15)7-1-5(14)6(3-13)17-7;2*1-3-5-4-2;1-4(2)3/h3-7H,2,8H2,1H3;4-7,13-14H,1-3H2,(H,11,15,16);2*3-4H,1-2,5H2;(H2-,1,2,3)/p+1/t;4?,5?,6-,7-;;;/m.1.../s1. The van der Waals surface area contributed by atoms with E-state index in [4.69, 9.17) is 24.0 Å². The van der Waals surface area contributed by atoms with Crippen molar-refractivity contribution in [3.63, 3.8) is 0 Å². The van der Waals surface area contributed by atoms with Crippen molar-refractivity contribution in [3.05, 3.63) is 86.5 Å². The van der Waals surface area contributed by atoms with Crippen LogP contribution >= 0.6 is 8.18 Å². The molecule has 2 aliphatic rings. The normalized spacial score (nSPS) is 20.3. The van der Waals surface area contributed by atoms with Gasteiger partial charge in [-0.3, -0.25) is 19.8 Å². The van der Waals surface area contributed by atoms with E-state index >= 15 is 0 Å². The Morgan fingerprint density at radius 3 is 2.07 bits per heavy atom. The first-order valence-corrected chi connectivity index (χ1v) is 14.4. The second-order valence-electron chi connectivity index (χ2n) is 8.46. The molecule has 0 saturated carbocycles. The third kappa shape index (κ3) is 20.9. The molecule has 43 heavy (non-hydrogen) atoms. The summed E-state index contributed by atoms with van der Waals surface area (Å²) in [5, 5.41) is 20.2. The van der Waals surface area contributed by atoms with Gasteiger partial charge in [0.15, 0.2) is 6.17 Å². The Kier molecular flexibility index (Phi) is 25.2. The molecule has 2 fully saturated rings. The molecule has 3 unspecified atom stereocenters.